The van der Waals surface area contributed by atoms with Crippen LogP contribution in [0.25, 0.3) is 0 Å². The first kappa shape index (κ1) is 15.9. The predicted octanol–water partition coefficient (Wildman–Crippen LogP) is 0.267. The highest BCUT2D eigenvalue weighted by Crippen LogP contribution is 2.18. The number of aliphatic carboxylic acids is 1. The maximum absolute atomic E-state index is 11.7. The summed E-state index contributed by atoms with van der Waals surface area (Å²) in [6, 6.07) is -0.553. The van der Waals surface area contributed by atoms with Crippen LogP contribution in [0.4, 0.5) is 0 Å². The number of rotatable bonds is 5. The molecule has 1 fully saturated rings. The summed E-state index contributed by atoms with van der Waals surface area (Å²) in [6.07, 6.45) is -0.214. The molecule has 1 aromatic rings. The predicted molar refractivity (Wildman–Crippen MR) is 73.5 cm³/mol. The lowest BCUT2D eigenvalue weighted by atomic mass is 10.2. The number of sulfone groups is 1. The molecule has 2 rings (SSSR count). The van der Waals surface area contributed by atoms with E-state index in [-0.39, 0.29) is 30.4 Å². The SMILES string of the molecule is CC(C)c1nc(CN2CCS(=O)(=O)CC2CC(=O)O)no1. The molecule has 1 saturated heterocycles. The normalized spacial score (nSPS) is 22.5. The molecule has 0 saturated carbocycles. The van der Waals surface area contributed by atoms with E-state index in [4.69, 9.17) is 9.63 Å². The Morgan fingerprint density at radius 3 is 2.81 bits per heavy atom. The van der Waals surface area contributed by atoms with Gasteiger partial charge in [0.15, 0.2) is 15.7 Å². The van der Waals surface area contributed by atoms with Crippen LogP contribution in [0.5, 0.6) is 0 Å². The van der Waals surface area contributed by atoms with E-state index in [1.165, 1.54) is 0 Å². The van der Waals surface area contributed by atoms with Gasteiger partial charge in [0, 0.05) is 18.5 Å². The van der Waals surface area contributed by atoms with Crippen molar-refractivity contribution >= 4 is 15.8 Å². The minimum atomic E-state index is -3.18. The zero-order chi connectivity index (χ0) is 15.6. The summed E-state index contributed by atoms with van der Waals surface area (Å²) in [7, 11) is -3.18. The van der Waals surface area contributed by atoms with E-state index in [1.54, 1.807) is 4.90 Å². The van der Waals surface area contributed by atoms with Gasteiger partial charge >= 0.3 is 5.97 Å². The Morgan fingerprint density at radius 1 is 1.52 bits per heavy atom. The van der Waals surface area contributed by atoms with Crippen molar-refractivity contribution in [3.63, 3.8) is 0 Å². The van der Waals surface area contributed by atoms with Crippen molar-refractivity contribution in [2.75, 3.05) is 18.1 Å². The summed E-state index contributed by atoms with van der Waals surface area (Å²) in [5, 5.41) is 12.8. The summed E-state index contributed by atoms with van der Waals surface area (Å²) in [5.74, 6) is -0.0506. The van der Waals surface area contributed by atoms with Gasteiger partial charge in [-0.2, -0.15) is 4.98 Å². The minimum Gasteiger partial charge on any atom is -0.481 e. The molecule has 1 atom stereocenters. The number of aromatic nitrogens is 2. The number of nitrogens with zero attached hydrogens (tertiary/aromatic N) is 3. The molecule has 1 aliphatic rings. The monoisotopic (exact) mass is 317 g/mol. The van der Waals surface area contributed by atoms with E-state index in [9.17, 15) is 13.2 Å². The Balaban J connectivity index is 2.10. The second kappa shape index (κ2) is 6.10. The Bertz CT molecular complexity index is 610. The van der Waals surface area contributed by atoms with Crippen LogP contribution in [-0.4, -0.2) is 58.6 Å². The second-order valence-corrected chi connectivity index (χ2v) is 7.77. The molecule has 1 aromatic heterocycles. The maximum Gasteiger partial charge on any atom is 0.304 e. The van der Waals surface area contributed by atoms with Crippen molar-refractivity contribution in [1.82, 2.24) is 15.0 Å². The minimum absolute atomic E-state index is 0.0258. The van der Waals surface area contributed by atoms with E-state index in [0.29, 0.717) is 18.3 Å². The summed E-state index contributed by atoms with van der Waals surface area (Å²) < 4.78 is 28.4. The fourth-order valence-electron chi connectivity index (χ4n) is 2.27. The van der Waals surface area contributed by atoms with Crippen molar-refractivity contribution in [2.45, 2.75) is 38.8 Å². The standard InChI is InChI=1S/C12H19N3O5S/c1-8(2)12-13-10(14-20-12)6-15-3-4-21(18,19)7-9(15)5-11(16)17/h8-9H,3-7H2,1-2H3,(H,16,17). The molecule has 8 nitrogen and oxygen atoms in total. The number of carbonyl (C=O) groups is 1. The fraction of sp³-hybridized carbons (Fsp3) is 0.750. The zero-order valence-electron chi connectivity index (χ0n) is 12.0. The third-order valence-electron chi connectivity index (χ3n) is 3.38. The van der Waals surface area contributed by atoms with Gasteiger partial charge < -0.3 is 9.63 Å². The van der Waals surface area contributed by atoms with Crippen LogP contribution in [0.1, 0.15) is 37.9 Å². The summed E-state index contributed by atoms with van der Waals surface area (Å²) in [5.41, 5.74) is 0. The first-order valence-electron chi connectivity index (χ1n) is 6.75. The maximum atomic E-state index is 11.7. The van der Waals surface area contributed by atoms with Crippen LogP contribution in [0, 0.1) is 0 Å². The lowest BCUT2D eigenvalue weighted by Crippen LogP contribution is -2.48. The van der Waals surface area contributed by atoms with E-state index in [1.807, 2.05) is 13.8 Å². The quantitative estimate of drug-likeness (QED) is 0.823. The Kier molecular flexibility index (Phi) is 4.62. The Morgan fingerprint density at radius 2 is 2.24 bits per heavy atom. The van der Waals surface area contributed by atoms with E-state index >= 15 is 0 Å². The van der Waals surface area contributed by atoms with Crippen LogP contribution in [-0.2, 0) is 21.2 Å². The van der Waals surface area contributed by atoms with Crippen LogP contribution < -0.4 is 0 Å². The van der Waals surface area contributed by atoms with E-state index < -0.39 is 21.8 Å². The van der Waals surface area contributed by atoms with Gasteiger partial charge in [0.05, 0.1) is 24.5 Å². The molecule has 2 heterocycles. The second-order valence-electron chi connectivity index (χ2n) is 5.54. The first-order valence-corrected chi connectivity index (χ1v) is 8.57. The topological polar surface area (TPSA) is 114 Å². The Hall–Kier alpha value is -1.48. The largest absolute Gasteiger partial charge is 0.481 e. The van der Waals surface area contributed by atoms with E-state index in [0.717, 1.165) is 0 Å². The van der Waals surface area contributed by atoms with E-state index in [2.05, 4.69) is 10.1 Å². The lowest BCUT2D eigenvalue weighted by molar-refractivity contribution is -0.138. The molecule has 118 valence electrons. The van der Waals surface area contributed by atoms with Gasteiger partial charge in [-0.25, -0.2) is 8.42 Å². The van der Waals surface area contributed by atoms with Crippen molar-refractivity contribution in [3.05, 3.63) is 11.7 Å². The number of carboxylic acid groups (broad SMARTS) is 1. The smallest absolute Gasteiger partial charge is 0.304 e. The van der Waals surface area contributed by atoms with Crippen LogP contribution >= 0.6 is 0 Å². The van der Waals surface area contributed by atoms with Gasteiger partial charge in [-0.1, -0.05) is 19.0 Å². The van der Waals surface area contributed by atoms with Crippen molar-refractivity contribution in [3.8, 4) is 0 Å². The molecule has 1 N–H and O–H groups in total. The van der Waals surface area contributed by atoms with Crippen molar-refractivity contribution < 1.29 is 22.8 Å². The van der Waals surface area contributed by atoms with Gasteiger partial charge in [-0.3, -0.25) is 9.69 Å². The number of carboxylic acids is 1. The highest BCUT2D eigenvalue weighted by atomic mass is 32.2. The number of hydrogen-bond donors (Lipinski definition) is 1. The molecule has 9 heteroatoms. The van der Waals surface area contributed by atoms with Gasteiger partial charge in [0.1, 0.15) is 0 Å². The summed E-state index contributed by atoms with van der Waals surface area (Å²) >= 11 is 0. The molecule has 0 radical (unpaired) electrons. The first-order chi connectivity index (χ1) is 9.77. The molecule has 0 bridgehead atoms. The molecular formula is C12H19N3O5S. The van der Waals surface area contributed by atoms with Gasteiger partial charge in [-0.05, 0) is 0 Å². The van der Waals surface area contributed by atoms with Crippen molar-refractivity contribution in [1.29, 1.82) is 0 Å². The van der Waals surface area contributed by atoms with Gasteiger partial charge in [0.2, 0.25) is 5.89 Å². The lowest BCUT2D eigenvalue weighted by Gasteiger charge is -2.33. The molecule has 0 aromatic carbocycles. The van der Waals surface area contributed by atoms with Crippen LogP contribution in [0.15, 0.2) is 4.52 Å². The molecule has 0 aliphatic carbocycles. The third kappa shape index (κ3) is 4.24. The molecule has 1 unspecified atom stereocenters. The summed E-state index contributed by atoms with van der Waals surface area (Å²) in [4.78, 5) is 16.9. The van der Waals surface area contributed by atoms with Crippen LogP contribution in [0.2, 0.25) is 0 Å². The van der Waals surface area contributed by atoms with Crippen molar-refractivity contribution in [2.24, 2.45) is 0 Å². The fourth-order valence-corrected chi connectivity index (χ4v) is 3.86. The molecular weight excluding hydrogens is 298 g/mol. The van der Waals surface area contributed by atoms with Gasteiger partial charge in [0.25, 0.3) is 0 Å². The highest BCUT2D eigenvalue weighted by Gasteiger charge is 2.33. The number of hydrogen-bond acceptors (Lipinski definition) is 7. The highest BCUT2D eigenvalue weighted by molar-refractivity contribution is 7.91. The Labute approximate surface area is 123 Å². The summed E-state index contributed by atoms with van der Waals surface area (Å²) in [6.45, 7) is 4.44. The molecule has 0 spiro atoms. The van der Waals surface area contributed by atoms with Gasteiger partial charge in [-0.15, -0.1) is 0 Å². The average Bonchev–Trinajstić information content (AvgIpc) is 2.80. The molecule has 0 amide bonds. The molecule has 21 heavy (non-hydrogen) atoms. The zero-order valence-corrected chi connectivity index (χ0v) is 12.8. The van der Waals surface area contributed by atoms with Crippen LogP contribution in [0.3, 0.4) is 0 Å². The third-order valence-corrected chi connectivity index (χ3v) is 5.08. The molecule has 1 aliphatic heterocycles. The average molecular weight is 317 g/mol.